The largest absolute Gasteiger partial charge is 0.493 e. The minimum atomic E-state index is -0.322. The highest BCUT2D eigenvalue weighted by atomic mass is 16.5. The van der Waals surface area contributed by atoms with E-state index in [-0.39, 0.29) is 18.4 Å². The van der Waals surface area contributed by atoms with Crippen LogP contribution in [0, 0.1) is 0 Å². The molecule has 0 spiro atoms. The molecule has 2 N–H and O–H groups in total. The minimum absolute atomic E-state index is 0.171. The smallest absolute Gasteiger partial charge is 0.262 e. The average molecular weight is 476 g/mol. The van der Waals surface area contributed by atoms with Crippen LogP contribution in [0.3, 0.4) is 0 Å². The first-order valence-electron chi connectivity index (χ1n) is 11.7. The number of amides is 2. The van der Waals surface area contributed by atoms with Crippen LogP contribution in [0.15, 0.2) is 72.8 Å². The molecule has 0 unspecified atom stereocenters. The predicted octanol–water partition coefficient (Wildman–Crippen LogP) is 5.20. The zero-order valence-corrected chi connectivity index (χ0v) is 20.7. The zero-order valence-electron chi connectivity index (χ0n) is 20.7. The van der Waals surface area contributed by atoms with Crippen LogP contribution in [0.5, 0.6) is 11.5 Å². The molecule has 0 aliphatic rings. The maximum Gasteiger partial charge on any atom is 0.262 e. The van der Waals surface area contributed by atoms with Gasteiger partial charge in [0, 0.05) is 29.5 Å². The average Bonchev–Trinajstić information content (AvgIpc) is 2.86. The highest BCUT2D eigenvalue weighted by Crippen LogP contribution is 2.25. The highest BCUT2D eigenvalue weighted by molar-refractivity contribution is 6.04. The molecule has 0 saturated heterocycles. The van der Waals surface area contributed by atoms with Gasteiger partial charge in [0.1, 0.15) is 0 Å². The van der Waals surface area contributed by atoms with Gasteiger partial charge in [0.15, 0.2) is 18.1 Å². The maximum atomic E-state index is 12.7. The van der Waals surface area contributed by atoms with Gasteiger partial charge in [-0.25, -0.2) is 0 Å². The lowest BCUT2D eigenvalue weighted by Crippen LogP contribution is -2.29. The maximum absolute atomic E-state index is 12.7. The van der Waals surface area contributed by atoms with Crippen molar-refractivity contribution in [2.45, 2.75) is 33.4 Å². The van der Waals surface area contributed by atoms with Gasteiger partial charge >= 0.3 is 0 Å². The topological polar surface area (TPSA) is 79.9 Å². The summed E-state index contributed by atoms with van der Waals surface area (Å²) in [6.45, 7) is 8.14. The van der Waals surface area contributed by atoms with Crippen LogP contribution in [0.1, 0.15) is 36.7 Å². The molecule has 0 atom stereocenters. The Hall–Kier alpha value is -3.84. The van der Waals surface area contributed by atoms with Crippen molar-refractivity contribution in [1.29, 1.82) is 0 Å². The van der Waals surface area contributed by atoms with E-state index in [1.807, 2.05) is 30.3 Å². The molecule has 0 aromatic heterocycles. The van der Waals surface area contributed by atoms with Gasteiger partial charge in [-0.2, -0.15) is 0 Å². The second kappa shape index (κ2) is 12.6. The van der Waals surface area contributed by atoms with Crippen molar-refractivity contribution >= 4 is 23.2 Å². The van der Waals surface area contributed by atoms with Gasteiger partial charge in [-0.05, 0) is 68.4 Å². The Morgan fingerprint density at radius 1 is 0.886 bits per heavy atom. The van der Waals surface area contributed by atoms with E-state index < -0.39 is 0 Å². The molecule has 0 fully saturated rings. The van der Waals surface area contributed by atoms with Crippen molar-refractivity contribution in [3.05, 3.63) is 83.9 Å². The number of rotatable bonds is 11. The quantitative estimate of drug-likeness (QED) is 0.399. The van der Waals surface area contributed by atoms with Crippen LogP contribution in [0.25, 0.3) is 0 Å². The fourth-order valence-corrected chi connectivity index (χ4v) is 3.61. The minimum Gasteiger partial charge on any atom is -0.493 e. The third kappa shape index (κ3) is 7.58. The highest BCUT2D eigenvalue weighted by Gasteiger charge is 2.11. The van der Waals surface area contributed by atoms with Crippen LogP contribution in [-0.2, 0) is 11.3 Å². The molecule has 184 valence electrons. The lowest BCUT2D eigenvalue weighted by Gasteiger charge is -2.24. The number of methoxy groups -OCH3 is 1. The number of para-hydroxylation sites is 2. The van der Waals surface area contributed by atoms with Crippen molar-refractivity contribution in [3.63, 3.8) is 0 Å². The Morgan fingerprint density at radius 3 is 2.17 bits per heavy atom. The first kappa shape index (κ1) is 25.8. The molecular weight excluding hydrogens is 442 g/mol. The van der Waals surface area contributed by atoms with E-state index >= 15 is 0 Å². The molecule has 2 amide bonds. The number of hydrogen-bond donors (Lipinski definition) is 2. The summed E-state index contributed by atoms with van der Waals surface area (Å²) in [5.74, 6) is 0.512. The number of anilines is 2. The number of nitrogens with one attached hydrogen (secondary N) is 2. The summed E-state index contributed by atoms with van der Waals surface area (Å²) in [6.07, 6.45) is 0. The number of hydrogen-bond acceptors (Lipinski definition) is 5. The van der Waals surface area contributed by atoms with Crippen LogP contribution in [-0.4, -0.2) is 43.0 Å². The molecule has 3 rings (SSSR count). The summed E-state index contributed by atoms with van der Waals surface area (Å²) in [4.78, 5) is 27.4. The first-order chi connectivity index (χ1) is 16.9. The molecule has 0 heterocycles. The van der Waals surface area contributed by atoms with Crippen LogP contribution < -0.4 is 20.1 Å². The van der Waals surface area contributed by atoms with Crippen LogP contribution in [0.2, 0.25) is 0 Å². The van der Waals surface area contributed by atoms with E-state index in [9.17, 15) is 9.59 Å². The molecule has 7 nitrogen and oxygen atoms in total. The molecule has 0 saturated carbocycles. The summed E-state index contributed by atoms with van der Waals surface area (Å²) in [7, 11) is 1.54. The number of ether oxygens (including phenoxy) is 2. The molecule has 3 aromatic rings. The van der Waals surface area contributed by atoms with E-state index in [2.05, 4.69) is 36.3 Å². The number of benzene rings is 3. The van der Waals surface area contributed by atoms with Crippen molar-refractivity contribution < 1.29 is 19.1 Å². The molecule has 3 aromatic carbocycles. The van der Waals surface area contributed by atoms with Gasteiger partial charge in [0.05, 0.1) is 7.11 Å². The van der Waals surface area contributed by atoms with Crippen molar-refractivity contribution in [3.8, 4) is 11.5 Å². The number of carbonyl (C=O) groups excluding carboxylic acids is 2. The van der Waals surface area contributed by atoms with Crippen molar-refractivity contribution in [1.82, 2.24) is 4.90 Å². The second-order valence-electron chi connectivity index (χ2n) is 8.38. The van der Waals surface area contributed by atoms with Gasteiger partial charge in [-0.1, -0.05) is 37.3 Å². The normalized spacial score (nSPS) is 10.8. The van der Waals surface area contributed by atoms with Gasteiger partial charge < -0.3 is 20.1 Å². The van der Waals surface area contributed by atoms with Gasteiger partial charge in [-0.3, -0.25) is 14.5 Å². The summed E-state index contributed by atoms with van der Waals surface area (Å²) in [5.41, 5.74) is 2.87. The molecule has 0 bridgehead atoms. The van der Waals surface area contributed by atoms with Crippen molar-refractivity contribution in [2.75, 3.05) is 30.9 Å². The molecule has 0 radical (unpaired) electrons. The Kier molecular flexibility index (Phi) is 9.26. The Balaban J connectivity index is 1.55. The van der Waals surface area contributed by atoms with E-state index in [0.717, 1.165) is 18.7 Å². The fourth-order valence-electron chi connectivity index (χ4n) is 3.61. The zero-order chi connectivity index (χ0) is 25.2. The van der Waals surface area contributed by atoms with E-state index in [1.165, 1.54) is 0 Å². The summed E-state index contributed by atoms with van der Waals surface area (Å²) >= 11 is 0. The summed E-state index contributed by atoms with van der Waals surface area (Å²) in [6, 6.07) is 22.2. The van der Waals surface area contributed by atoms with Gasteiger partial charge in [0.25, 0.3) is 11.8 Å². The number of carbonyl (C=O) groups is 2. The lowest BCUT2D eigenvalue weighted by molar-refractivity contribution is -0.118. The van der Waals surface area contributed by atoms with E-state index in [4.69, 9.17) is 9.47 Å². The third-order valence-electron chi connectivity index (χ3n) is 5.57. The van der Waals surface area contributed by atoms with Gasteiger partial charge in [0.2, 0.25) is 0 Å². The standard InChI is InChI=1S/C28H33N3O4/c1-5-31(20(2)3)18-21-13-15-22(16-14-21)28(33)30-24-10-8-9-23(17-24)29-27(32)19-35-26-12-7-6-11-25(26)34-4/h6-17,20H,5,18-19H2,1-4H3,(H,29,32)(H,30,33). The molecule has 0 aliphatic heterocycles. The second-order valence-corrected chi connectivity index (χ2v) is 8.38. The molecule has 35 heavy (non-hydrogen) atoms. The molecule has 0 aliphatic carbocycles. The van der Waals surface area contributed by atoms with Crippen molar-refractivity contribution in [2.24, 2.45) is 0 Å². The fraction of sp³-hybridized carbons (Fsp3) is 0.286. The summed E-state index contributed by atoms with van der Waals surface area (Å²) in [5, 5.41) is 5.67. The number of nitrogens with zero attached hydrogens (tertiary/aromatic N) is 1. The summed E-state index contributed by atoms with van der Waals surface area (Å²) < 4.78 is 10.8. The third-order valence-corrected chi connectivity index (χ3v) is 5.57. The Bertz CT molecular complexity index is 1130. The Morgan fingerprint density at radius 2 is 1.54 bits per heavy atom. The van der Waals surface area contributed by atoms with E-state index in [1.54, 1.807) is 49.6 Å². The molecule has 7 heteroatoms. The molecular formula is C28H33N3O4. The monoisotopic (exact) mass is 475 g/mol. The van der Waals surface area contributed by atoms with Crippen LogP contribution in [0.4, 0.5) is 11.4 Å². The van der Waals surface area contributed by atoms with E-state index in [0.29, 0.717) is 34.5 Å². The predicted molar refractivity (Wildman–Crippen MR) is 139 cm³/mol. The SMILES string of the molecule is CCN(Cc1ccc(C(=O)Nc2cccc(NC(=O)COc3ccccc3OC)c2)cc1)C(C)C. The van der Waals surface area contributed by atoms with Crippen LogP contribution >= 0.6 is 0 Å². The lowest BCUT2D eigenvalue weighted by atomic mass is 10.1. The Labute approximate surface area is 207 Å². The van der Waals surface area contributed by atoms with Gasteiger partial charge in [-0.15, -0.1) is 0 Å². The first-order valence-corrected chi connectivity index (χ1v) is 11.7.